The Morgan fingerprint density at radius 3 is 1.36 bits per heavy atom. The van der Waals surface area contributed by atoms with Crippen LogP contribution in [0.4, 0.5) is 0 Å². The molecular formula is C39H42Cl2Zr. The van der Waals surface area contributed by atoms with Crippen molar-refractivity contribution in [2.45, 2.75) is 62.4 Å². The maximum absolute atomic E-state index is 5.69. The molecule has 4 aromatic carbocycles. The Hall–Kier alpha value is -2.31. The van der Waals surface area contributed by atoms with Crippen molar-refractivity contribution in [3.8, 4) is 11.1 Å². The number of hydrogen-bond donors (Lipinski definition) is 0. The van der Waals surface area contributed by atoms with Crippen LogP contribution in [0.3, 0.4) is 0 Å². The van der Waals surface area contributed by atoms with Gasteiger partial charge in [0.15, 0.2) is 0 Å². The molecule has 0 saturated heterocycles. The van der Waals surface area contributed by atoms with E-state index in [2.05, 4.69) is 157 Å². The van der Waals surface area contributed by atoms with E-state index in [4.69, 9.17) is 4.21 Å². The molecule has 0 aromatic heterocycles. The van der Waals surface area contributed by atoms with Gasteiger partial charge in [0.25, 0.3) is 0 Å². The Bertz CT molecular complexity index is 1620. The normalized spacial score (nSPS) is 14.3. The first-order valence-electron chi connectivity index (χ1n) is 14.7. The van der Waals surface area contributed by atoms with Crippen LogP contribution in [0.15, 0.2) is 119 Å². The van der Waals surface area contributed by atoms with Crippen LogP contribution in [0.5, 0.6) is 0 Å². The monoisotopic (exact) mass is 670 g/mol. The minimum absolute atomic E-state index is 0. The van der Waals surface area contributed by atoms with Crippen molar-refractivity contribution in [1.82, 2.24) is 0 Å². The van der Waals surface area contributed by atoms with Gasteiger partial charge in [0.2, 0.25) is 0 Å². The molecule has 0 radical (unpaired) electrons. The Balaban J connectivity index is 0.00000202. The number of rotatable bonds is 4. The first-order valence-corrected chi connectivity index (χ1v) is 21.6. The summed E-state index contributed by atoms with van der Waals surface area (Å²) in [6.45, 7) is 13.8. The fourth-order valence-electron chi connectivity index (χ4n) is 7.47. The van der Waals surface area contributed by atoms with Gasteiger partial charge in [-0.3, -0.25) is 0 Å². The van der Waals surface area contributed by atoms with Crippen molar-refractivity contribution < 1.29 is 43.1 Å². The minimum Gasteiger partial charge on any atom is -1.00 e. The minimum atomic E-state index is -4.68. The van der Waals surface area contributed by atoms with E-state index in [0.717, 1.165) is 6.42 Å². The number of allylic oxidation sites excluding steroid dienone is 4. The molecule has 3 heteroatoms. The fraction of sp³-hybridized carbons (Fsp3) is 0.256. The zero-order valence-electron chi connectivity index (χ0n) is 25.7. The molecule has 0 amide bonds. The van der Waals surface area contributed by atoms with Crippen molar-refractivity contribution in [2.75, 3.05) is 0 Å². The third-order valence-corrected chi connectivity index (χ3v) is 27.1. The maximum Gasteiger partial charge on any atom is -1.00 e. The van der Waals surface area contributed by atoms with E-state index in [9.17, 15) is 0 Å². The van der Waals surface area contributed by atoms with Crippen LogP contribution >= 0.6 is 0 Å². The van der Waals surface area contributed by atoms with Crippen LogP contribution in [-0.4, -0.2) is 4.21 Å². The van der Waals surface area contributed by atoms with Gasteiger partial charge in [-0.2, -0.15) is 0 Å². The topological polar surface area (TPSA) is 0 Å². The van der Waals surface area contributed by atoms with Gasteiger partial charge in [0, 0.05) is 0 Å². The number of benzene rings is 4. The molecule has 6 rings (SSSR count). The van der Waals surface area contributed by atoms with Crippen molar-refractivity contribution in [3.05, 3.63) is 141 Å². The SMILES string of the molecule is [CH2]=[Zr+2]([C]1=CC=CC1)([c]1ccc(C(C)(C)C)cc1)([c]1ccc(C(C)(C)C)cc1)[CH]1c2ccccc2-c2ccccc21.[Cl-].[Cl-]. The standard InChI is InChI=1S/C13H9.2C10H13.C5H5.CH2.2ClH.Zr/c1-3-7-12-10(5-1)9-11-6-2-4-8-13(11)12;2*1-10(2,3)9-7-5-4-6-8-9;1-2-4-5-3-1;;;;/h1-9H;2*5-8H,1-3H3;1-3H,4H2;1H2;2*1H;/q;;;;;;;+2/p-2. The zero-order chi connectivity index (χ0) is 28.4. The molecule has 0 atom stereocenters. The molecule has 2 aliphatic carbocycles. The molecule has 0 nitrogen and oxygen atoms in total. The van der Waals surface area contributed by atoms with Gasteiger partial charge in [-0.1, -0.05) is 0 Å². The summed E-state index contributed by atoms with van der Waals surface area (Å²) in [4.78, 5) is 0. The summed E-state index contributed by atoms with van der Waals surface area (Å²) in [6, 6.07) is 37.6. The van der Waals surface area contributed by atoms with Crippen LogP contribution in [0.2, 0.25) is 0 Å². The van der Waals surface area contributed by atoms with E-state index in [1.54, 1.807) is 3.28 Å². The Labute approximate surface area is 266 Å². The quantitative estimate of drug-likeness (QED) is 0.313. The molecule has 216 valence electrons. The van der Waals surface area contributed by atoms with Crippen LogP contribution < -0.4 is 31.4 Å². The van der Waals surface area contributed by atoms with E-state index >= 15 is 0 Å². The van der Waals surface area contributed by atoms with Gasteiger partial charge in [0.05, 0.1) is 0 Å². The summed E-state index contributed by atoms with van der Waals surface area (Å²) in [6.07, 6.45) is 8.01. The molecule has 0 aliphatic heterocycles. The fourth-order valence-corrected chi connectivity index (χ4v) is 24.4. The van der Waals surface area contributed by atoms with Gasteiger partial charge in [-0.15, -0.1) is 0 Å². The molecule has 0 saturated carbocycles. The summed E-state index contributed by atoms with van der Waals surface area (Å²) in [5.74, 6) is 0. The molecule has 4 aromatic rings. The summed E-state index contributed by atoms with van der Waals surface area (Å²) < 4.78 is 10.4. The Kier molecular flexibility index (Phi) is 8.79. The van der Waals surface area contributed by atoms with Crippen LogP contribution in [0.1, 0.15) is 73.8 Å². The molecule has 0 bridgehead atoms. The van der Waals surface area contributed by atoms with Gasteiger partial charge in [0.1, 0.15) is 0 Å². The van der Waals surface area contributed by atoms with Crippen molar-refractivity contribution in [2.24, 2.45) is 0 Å². The van der Waals surface area contributed by atoms with Gasteiger partial charge >= 0.3 is 243 Å². The summed E-state index contributed by atoms with van der Waals surface area (Å²) in [7, 11) is 0. The first-order chi connectivity index (χ1) is 18.9. The predicted octanol–water partition coefficient (Wildman–Crippen LogP) is 2.98. The van der Waals surface area contributed by atoms with Crippen molar-refractivity contribution in [3.63, 3.8) is 0 Å². The second-order valence-corrected chi connectivity index (χ2v) is 27.5. The summed E-state index contributed by atoms with van der Waals surface area (Å²) in [5, 5.41) is 0. The molecular weight excluding hydrogens is 631 g/mol. The third-order valence-electron chi connectivity index (χ3n) is 9.80. The molecule has 0 heterocycles. The van der Waals surface area contributed by atoms with Gasteiger partial charge in [-0.25, -0.2) is 0 Å². The predicted molar refractivity (Wildman–Crippen MR) is 172 cm³/mol. The second kappa shape index (κ2) is 11.3. The van der Waals surface area contributed by atoms with Gasteiger partial charge < -0.3 is 24.8 Å². The average molecular weight is 673 g/mol. The smallest absolute Gasteiger partial charge is 1.00 e. The van der Waals surface area contributed by atoms with Crippen molar-refractivity contribution in [1.29, 1.82) is 0 Å². The largest absolute Gasteiger partial charge is 1.00 e. The van der Waals surface area contributed by atoms with Crippen LogP contribution in [0, 0.1) is 0 Å². The third kappa shape index (κ3) is 4.81. The van der Waals surface area contributed by atoms with Gasteiger partial charge in [-0.05, 0) is 0 Å². The number of hydrogen-bond acceptors (Lipinski definition) is 0. The van der Waals surface area contributed by atoms with E-state index in [1.165, 1.54) is 39.9 Å². The summed E-state index contributed by atoms with van der Waals surface area (Å²) >= 11 is -4.68. The van der Waals surface area contributed by atoms with Crippen LogP contribution in [0.25, 0.3) is 11.1 Å². The van der Waals surface area contributed by atoms with E-state index in [0.29, 0.717) is 0 Å². The van der Waals surface area contributed by atoms with Crippen molar-refractivity contribution >= 4 is 10.8 Å². The van der Waals surface area contributed by atoms with E-state index in [1.807, 2.05) is 0 Å². The molecule has 42 heavy (non-hydrogen) atoms. The molecule has 0 unspecified atom stereocenters. The number of fused-ring (bicyclic) bond motifs is 3. The van der Waals surface area contributed by atoms with E-state index in [-0.39, 0.29) is 39.3 Å². The van der Waals surface area contributed by atoms with E-state index < -0.39 is 18.3 Å². The molecule has 0 N–H and O–H groups in total. The molecule has 2 aliphatic rings. The van der Waals surface area contributed by atoms with Crippen LogP contribution in [-0.2, 0) is 29.1 Å². The zero-order valence-corrected chi connectivity index (χ0v) is 29.7. The second-order valence-electron chi connectivity index (χ2n) is 14.1. The summed E-state index contributed by atoms with van der Waals surface area (Å²) in [5.41, 5.74) is 8.56. The average Bonchev–Trinajstić information content (AvgIpc) is 3.60. The number of halogens is 2. The molecule has 0 spiro atoms. The maximum atomic E-state index is 5.69. The Morgan fingerprint density at radius 2 is 1.00 bits per heavy atom. The Morgan fingerprint density at radius 1 is 0.595 bits per heavy atom. The molecule has 0 fully saturated rings. The first kappa shape index (κ1) is 32.6.